The first-order valence-corrected chi connectivity index (χ1v) is 6.81. The number of anilines is 1. The maximum atomic E-state index is 11.8. The van der Waals surface area contributed by atoms with Crippen molar-refractivity contribution in [2.24, 2.45) is 0 Å². The Morgan fingerprint density at radius 3 is 2.56 bits per heavy atom. The summed E-state index contributed by atoms with van der Waals surface area (Å²) in [5, 5.41) is 6.72. The van der Waals surface area contributed by atoms with Crippen molar-refractivity contribution < 1.29 is 8.42 Å². The summed E-state index contributed by atoms with van der Waals surface area (Å²) in [5.74, 6) is 0.360. The molecule has 0 aliphatic carbocycles. The molecule has 1 rings (SSSR count). The second kappa shape index (κ2) is 4.45. The number of aromatic amines is 1. The summed E-state index contributed by atoms with van der Waals surface area (Å²) in [6.45, 7) is 7.00. The van der Waals surface area contributed by atoms with E-state index >= 15 is 0 Å². The molecular weight excluding hydrogens is 226 g/mol. The van der Waals surface area contributed by atoms with Gasteiger partial charge in [-0.3, -0.25) is 9.82 Å². The second-order valence-electron chi connectivity index (χ2n) is 4.75. The molecule has 2 N–H and O–H groups in total. The Bertz CT molecular complexity index is 443. The second-order valence-corrected chi connectivity index (χ2v) is 7.18. The van der Waals surface area contributed by atoms with Gasteiger partial charge in [-0.15, -0.1) is 0 Å². The van der Waals surface area contributed by atoms with Gasteiger partial charge in [-0.05, 0) is 27.2 Å². The number of sulfonamides is 1. The Balaban J connectivity index is 2.81. The minimum atomic E-state index is -3.38. The molecule has 0 radical (unpaired) electrons. The zero-order chi connectivity index (χ0) is 12.4. The molecule has 1 aromatic heterocycles. The van der Waals surface area contributed by atoms with Crippen LogP contribution in [0.4, 0.5) is 5.82 Å². The van der Waals surface area contributed by atoms with Crippen molar-refractivity contribution in [3.05, 3.63) is 11.8 Å². The third kappa shape index (κ3) is 2.98. The first-order valence-electron chi connectivity index (χ1n) is 5.33. The Hall–Kier alpha value is -1.04. The average molecular weight is 245 g/mol. The van der Waals surface area contributed by atoms with Gasteiger partial charge in [-0.2, -0.15) is 5.10 Å². The van der Waals surface area contributed by atoms with Crippen LogP contribution in [-0.4, -0.2) is 23.4 Å². The maximum Gasteiger partial charge on any atom is 0.238 e. The van der Waals surface area contributed by atoms with Gasteiger partial charge in [-0.1, -0.05) is 13.3 Å². The third-order valence-electron chi connectivity index (χ3n) is 2.20. The normalized spacial score (nSPS) is 12.8. The predicted molar refractivity (Wildman–Crippen MR) is 64.9 cm³/mol. The molecular formula is C10H19N3O2S. The van der Waals surface area contributed by atoms with Crippen LogP contribution in [0.5, 0.6) is 0 Å². The van der Waals surface area contributed by atoms with Crippen LogP contribution in [0, 0.1) is 0 Å². The molecule has 0 spiro atoms. The van der Waals surface area contributed by atoms with Gasteiger partial charge in [0.15, 0.2) is 5.82 Å². The fraction of sp³-hybridized carbons (Fsp3) is 0.700. The van der Waals surface area contributed by atoms with E-state index in [-0.39, 0.29) is 0 Å². The van der Waals surface area contributed by atoms with Crippen molar-refractivity contribution in [1.82, 2.24) is 10.2 Å². The zero-order valence-electron chi connectivity index (χ0n) is 10.2. The lowest BCUT2D eigenvalue weighted by molar-refractivity contribution is 0.566. The number of H-pyrrole nitrogens is 1. The van der Waals surface area contributed by atoms with Crippen molar-refractivity contribution in [3.63, 3.8) is 0 Å². The van der Waals surface area contributed by atoms with Crippen LogP contribution in [0.15, 0.2) is 6.07 Å². The van der Waals surface area contributed by atoms with E-state index < -0.39 is 14.8 Å². The van der Waals surface area contributed by atoms with Crippen molar-refractivity contribution in [1.29, 1.82) is 0 Å². The summed E-state index contributed by atoms with van der Waals surface area (Å²) in [5.41, 5.74) is 0.939. The molecule has 0 saturated heterocycles. The molecule has 6 heteroatoms. The molecule has 0 amide bonds. The van der Waals surface area contributed by atoms with Gasteiger partial charge in [-0.25, -0.2) is 8.42 Å². The highest BCUT2D eigenvalue weighted by Gasteiger charge is 2.29. The Labute approximate surface area is 96.7 Å². The summed E-state index contributed by atoms with van der Waals surface area (Å²) >= 11 is 0. The summed E-state index contributed by atoms with van der Waals surface area (Å²) < 4.78 is 25.3. The average Bonchev–Trinajstić information content (AvgIpc) is 2.50. The lowest BCUT2D eigenvalue weighted by Gasteiger charge is -2.18. The van der Waals surface area contributed by atoms with Crippen LogP contribution in [0.2, 0.25) is 0 Å². The third-order valence-corrected chi connectivity index (χ3v) is 4.29. The minimum absolute atomic E-state index is 0.360. The number of nitrogens with one attached hydrogen (secondary N) is 2. The van der Waals surface area contributed by atoms with E-state index in [1.165, 1.54) is 0 Å². The first kappa shape index (κ1) is 13.0. The maximum absolute atomic E-state index is 11.8. The van der Waals surface area contributed by atoms with Crippen LogP contribution in [0.1, 0.15) is 39.8 Å². The Morgan fingerprint density at radius 2 is 2.06 bits per heavy atom. The Kier molecular flexibility index (Phi) is 3.62. The van der Waals surface area contributed by atoms with Gasteiger partial charge >= 0.3 is 0 Å². The number of nitrogens with zero attached hydrogens (tertiary/aromatic N) is 1. The molecule has 5 nitrogen and oxygen atoms in total. The van der Waals surface area contributed by atoms with E-state index in [2.05, 4.69) is 21.8 Å². The molecule has 0 saturated carbocycles. The van der Waals surface area contributed by atoms with Crippen molar-refractivity contribution in [3.8, 4) is 0 Å². The van der Waals surface area contributed by atoms with Crippen LogP contribution in [-0.2, 0) is 16.4 Å². The highest BCUT2D eigenvalue weighted by molar-refractivity contribution is 7.94. The molecule has 92 valence electrons. The van der Waals surface area contributed by atoms with Gasteiger partial charge in [0.05, 0.1) is 4.75 Å². The molecule has 0 bridgehead atoms. The van der Waals surface area contributed by atoms with Crippen molar-refractivity contribution in [2.45, 2.75) is 45.3 Å². The van der Waals surface area contributed by atoms with Gasteiger partial charge in [0.25, 0.3) is 0 Å². The van der Waals surface area contributed by atoms with Crippen molar-refractivity contribution >= 4 is 15.8 Å². The van der Waals surface area contributed by atoms with Gasteiger partial charge in [0, 0.05) is 11.8 Å². The minimum Gasteiger partial charge on any atom is -0.280 e. The molecule has 0 aromatic carbocycles. The van der Waals surface area contributed by atoms with Crippen LogP contribution in [0.25, 0.3) is 0 Å². The summed E-state index contributed by atoms with van der Waals surface area (Å²) in [6, 6.07) is 1.73. The van der Waals surface area contributed by atoms with Crippen LogP contribution in [0.3, 0.4) is 0 Å². The molecule has 0 unspecified atom stereocenters. The van der Waals surface area contributed by atoms with Crippen molar-refractivity contribution in [2.75, 3.05) is 4.72 Å². The highest BCUT2D eigenvalue weighted by Crippen LogP contribution is 2.18. The Morgan fingerprint density at radius 1 is 1.44 bits per heavy atom. The van der Waals surface area contributed by atoms with Gasteiger partial charge in [0.2, 0.25) is 10.0 Å². The zero-order valence-corrected chi connectivity index (χ0v) is 11.0. The molecule has 1 heterocycles. The van der Waals surface area contributed by atoms with E-state index in [0.29, 0.717) is 5.82 Å². The van der Waals surface area contributed by atoms with E-state index in [0.717, 1.165) is 18.5 Å². The quantitative estimate of drug-likeness (QED) is 0.850. The number of hydrogen-bond donors (Lipinski definition) is 2. The summed E-state index contributed by atoms with van der Waals surface area (Å²) in [7, 11) is -3.38. The molecule has 0 atom stereocenters. The predicted octanol–water partition coefficient (Wildman–Crippen LogP) is 1.90. The lowest BCUT2D eigenvalue weighted by Crippen LogP contribution is -2.33. The van der Waals surface area contributed by atoms with E-state index in [4.69, 9.17) is 0 Å². The van der Waals surface area contributed by atoms with E-state index in [1.54, 1.807) is 26.8 Å². The monoisotopic (exact) mass is 245 g/mol. The lowest BCUT2D eigenvalue weighted by atomic mass is 10.2. The highest BCUT2D eigenvalue weighted by atomic mass is 32.2. The SMILES string of the molecule is CCCc1cc(NS(=O)(=O)C(C)(C)C)n[nH]1. The van der Waals surface area contributed by atoms with E-state index in [1.807, 2.05) is 0 Å². The number of aryl methyl sites for hydroxylation is 1. The van der Waals surface area contributed by atoms with Crippen LogP contribution >= 0.6 is 0 Å². The van der Waals surface area contributed by atoms with Gasteiger partial charge in [0.1, 0.15) is 0 Å². The standard InChI is InChI=1S/C10H19N3O2S/c1-5-6-8-7-9(12-11-8)13-16(14,15)10(2,3)4/h7H,5-6H2,1-4H3,(H2,11,12,13). The summed E-state index contributed by atoms with van der Waals surface area (Å²) in [6.07, 6.45) is 1.86. The summed E-state index contributed by atoms with van der Waals surface area (Å²) in [4.78, 5) is 0. The first-order chi connectivity index (χ1) is 7.26. The van der Waals surface area contributed by atoms with Gasteiger partial charge < -0.3 is 0 Å². The largest absolute Gasteiger partial charge is 0.280 e. The molecule has 1 aromatic rings. The number of aromatic nitrogens is 2. The fourth-order valence-electron chi connectivity index (χ4n) is 1.10. The smallest absolute Gasteiger partial charge is 0.238 e. The molecule has 0 fully saturated rings. The molecule has 0 aliphatic heterocycles. The van der Waals surface area contributed by atoms with E-state index in [9.17, 15) is 8.42 Å². The number of rotatable bonds is 4. The molecule has 16 heavy (non-hydrogen) atoms. The van der Waals surface area contributed by atoms with Crippen LogP contribution < -0.4 is 4.72 Å². The number of hydrogen-bond acceptors (Lipinski definition) is 3. The molecule has 0 aliphatic rings. The topological polar surface area (TPSA) is 74.8 Å². The fourth-order valence-corrected chi connectivity index (χ4v) is 1.79.